The largest absolute Gasteiger partial charge is 0.462 e. The lowest BCUT2D eigenvalue weighted by atomic mass is 9.79. The minimum absolute atomic E-state index is 0.00277. The molecule has 33 heavy (non-hydrogen) atoms. The highest BCUT2D eigenvalue weighted by molar-refractivity contribution is 7.86. The number of rotatable bonds is 10. The van der Waals surface area contributed by atoms with Crippen molar-refractivity contribution in [3.05, 3.63) is 23.3 Å². The number of carbonyl (C=O) groups excluding carboxylic acids is 1. The molecule has 0 aliphatic carbocycles. The summed E-state index contributed by atoms with van der Waals surface area (Å²) in [7, 11) is -13.2. The number of esters is 1. The predicted molar refractivity (Wildman–Crippen MR) is 117 cm³/mol. The normalized spacial score (nSPS) is 16.1. The van der Waals surface area contributed by atoms with Gasteiger partial charge in [0.1, 0.15) is 11.4 Å². The van der Waals surface area contributed by atoms with Crippen LogP contribution in [0.15, 0.2) is 17.0 Å². The van der Waals surface area contributed by atoms with Gasteiger partial charge in [-0.1, -0.05) is 0 Å². The fraction of sp³-hybridized carbons (Fsp3) is 0.556. The van der Waals surface area contributed by atoms with Crippen molar-refractivity contribution in [2.45, 2.75) is 43.9 Å². The molecular formula is C18H26NO11S3+. The molecule has 1 aromatic rings. The van der Waals surface area contributed by atoms with E-state index >= 15 is 0 Å². The Morgan fingerprint density at radius 2 is 1.52 bits per heavy atom. The molecule has 1 aliphatic heterocycles. The van der Waals surface area contributed by atoms with Gasteiger partial charge in [-0.15, -0.1) is 0 Å². The monoisotopic (exact) mass is 528 g/mol. The highest BCUT2D eigenvalue weighted by Crippen LogP contribution is 2.43. The molecule has 0 fully saturated rings. The summed E-state index contributed by atoms with van der Waals surface area (Å²) < 4.78 is 102. The van der Waals surface area contributed by atoms with E-state index < -0.39 is 58.1 Å². The zero-order valence-corrected chi connectivity index (χ0v) is 20.6. The van der Waals surface area contributed by atoms with Crippen LogP contribution in [0.3, 0.4) is 0 Å². The number of fused-ring (bicyclic) bond motifs is 1. The van der Waals surface area contributed by atoms with Gasteiger partial charge < -0.3 is 4.74 Å². The summed E-state index contributed by atoms with van der Waals surface area (Å²) in [5.74, 6) is -2.14. The summed E-state index contributed by atoms with van der Waals surface area (Å²) in [6.07, 6.45) is -0.196. The van der Waals surface area contributed by atoms with E-state index in [4.69, 9.17) is 13.8 Å². The second-order valence-corrected chi connectivity index (χ2v) is 12.7. The summed E-state index contributed by atoms with van der Waals surface area (Å²) in [5, 5.41) is 0. The van der Waals surface area contributed by atoms with Gasteiger partial charge in [-0.05, 0) is 26.3 Å². The Hall–Kier alpha value is -1.91. The van der Waals surface area contributed by atoms with Crippen LogP contribution in [0.4, 0.5) is 5.69 Å². The minimum Gasteiger partial charge on any atom is -0.462 e. The Bertz CT molecular complexity index is 1310. The fourth-order valence-electron chi connectivity index (χ4n) is 3.66. The highest BCUT2D eigenvalue weighted by atomic mass is 32.2. The third-order valence-electron chi connectivity index (χ3n) is 5.40. The van der Waals surface area contributed by atoms with Crippen molar-refractivity contribution >= 4 is 47.7 Å². The predicted octanol–water partition coefficient (Wildman–Crippen LogP) is 1.04. The Kier molecular flexibility index (Phi) is 7.77. The van der Waals surface area contributed by atoms with Crippen LogP contribution in [0.2, 0.25) is 0 Å². The number of nitrogens with zero attached hydrogens (tertiary/aromatic N) is 1. The number of benzene rings is 1. The summed E-state index contributed by atoms with van der Waals surface area (Å²) in [6.45, 7) is 4.92. The average molecular weight is 529 g/mol. The smallest absolute Gasteiger partial charge is 0.338 e. The van der Waals surface area contributed by atoms with Gasteiger partial charge in [0.15, 0.2) is 5.71 Å². The first-order valence-corrected chi connectivity index (χ1v) is 14.4. The van der Waals surface area contributed by atoms with Gasteiger partial charge >= 0.3 is 5.97 Å². The van der Waals surface area contributed by atoms with Crippen LogP contribution in [0.5, 0.6) is 0 Å². The third kappa shape index (κ3) is 6.80. The first-order valence-electron chi connectivity index (χ1n) is 9.69. The number of ether oxygens (including phenoxy) is 1. The van der Waals surface area contributed by atoms with Crippen LogP contribution in [0.25, 0.3) is 0 Å². The fourth-order valence-corrected chi connectivity index (χ4v) is 5.16. The van der Waals surface area contributed by atoms with E-state index in [0.717, 1.165) is 12.1 Å². The van der Waals surface area contributed by atoms with E-state index in [1.807, 2.05) is 0 Å². The Morgan fingerprint density at radius 3 is 2.03 bits per heavy atom. The first kappa shape index (κ1) is 27.3. The quantitative estimate of drug-likeness (QED) is 0.170. The summed E-state index contributed by atoms with van der Waals surface area (Å²) >= 11 is 0. The molecule has 1 aromatic carbocycles. The van der Waals surface area contributed by atoms with Crippen LogP contribution < -0.4 is 0 Å². The molecule has 0 atom stereocenters. The Morgan fingerprint density at radius 1 is 0.970 bits per heavy atom. The van der Waals surface area contributed by atoms with Gasteiger partial charge in [0, 0.05) is 19.4 Å². The standard InChI is InChI=1S/C18H25NO11S3/c1-12-18(2,3)16-14(17(20)30-7-5-9-32(24,25)26)10-13(33(27,28)29)11-15(16)19(12)6-4-8-31(21,22)23/h10-11H,4-9H2,1-3H3,(H2-,21,22,23,24,25,26,27,28,29)/p+1. The summed E-state index contributed by atoms with van der Waals surface area (Å²) in [5.41, 5.74) is 0.273. The second-order valence-electron chi connectivity index (χ2n) is 8.12. The number of hydrogen-bond acceptors (Lipinski definition) is 8. The van der Waals surface area contributed by atoms with Gasteiger partial charge in [-0.25, -0.2) is 4.79 Å². The molecule has 0 bridgehead atoms. The van der Waals surface area contributed by atoms with E-state index in [9.17, 15) is 34.6 Å². The zero-order valence-electron chi connectivity index (χ0n) is 18.2. The lowest BCUT2D eigenvalue weighted by molar-refractivity contribution is -0.438. The molecule has 0 saturated carbocycles. The maximum absolute atomic E-state index is 12.8. The van der Waals surface area contributed by atoms with Crippen molar-refractivity contribution in [1.29, 1.82) is 0 Å². The van der Waals surface area contributed by atoms with E-state index in [1.54, 1.807) is 25.3 Å². The third-order valence-corrected chi connectivity index (χ3v) is 7.84. The van der Waals surface area contributed by atoms with Gasteiger partial charge in [-0.3, -0.25) is 13.7 Å². The minimum atomic E-state index is -4.74. The molecule has 2 rings (SSSR count). The second kappa shape index (κ2) is 9.38. The molecule has 0 unspecified atom stereocenters. The SMILES string of the molecule is CC1=[N+](CCCS(=O)(=O)O)c2cc(S(=O)(=O)O)cc(C(=O)OCCCS(=O)(=O)O)c2C1(C)C. The van der Waals surface area contributed by atoms with Crippen LogP contribution in [0.1, 0.15) is 49.5 Å². The van der Waals surface area contributed by atoms with Gasteiger partial charge in [0.05, 0.1) is 34.7 Å². The average Bonchev–Trinajstić information content (AvgIpc) is 2.82. The van der Waals surface area contributed by atoms with Crippen LogP contribution >= 0.6 is 0 Å². The highest BCUT2D eigenvalue weighted by Gasteiger charge is 2.47. The molecule has 0 saturated heterocycles. The molecule has 12 nitrogen and oxygen atoms in total. The molecule has 15 heteroatoms. The maximum atomic E-state index is 12.8. The van der Waals surface area contributed by atoms with Crippen molar-refractivity contribution < 1.29 is 53.0 Å². The van der Waals surface area contributed by atoms with Crippen LogP contribution in [-0.2, 0) is 40.5 Å². The molecule has 0 spiro atoms. The van der Waals surface area contributed by atoms with Crippen molar-refractivity contribution in [3.8, 4) is 0 Å². The molecule has 1 aliphatic rings. The maximum Gasteiger partial charge on any atom is 0.338 e. The molecule has 3 N–H and O–H groups in total. The van der Waals surface area contributed by atoms with Crippen molar-refractivity contribution in [3.63, 3.8) is 0 Å². The Balaban J connectivity index is 2.51. The van der Waals surface area contributed by atoms with E-state index in [2.05, 4.69) is 0 Å². The van der Waals surface area contributed by atoms with Crippen molar-refractivity contribution in [2.75, 3.05) is 24.7 Å². The lowest BCUT2D eigenvalue weighted by Crippen LogP contribution is -2.28. The number of hydrogen-bond donors (Lipinski definition) is 3. The molecular weight excluding hydrogens is 502 g/mol. The molecule has 1 heterocycles. The molecule has 0 aromatic heterocycles. The van der Waals surface area contributed by atoms with Crippen LogP contribution in [0, 0.1) is 0 Å². The number of carbonyl (C=O) groups is 1. The lowest BCUT2D eigenvalue weighted by Gasteiger charge is -2.18. The topological polar surface area (TPSA) is 192 Å². The first-order chi connectivity index (χ1) is 14.8. The van der Waals surface area contributed by atoms with Crippen molar-refractivity contribution in [2.24, 2.45) is 0 Å². The zero-order chi connectivity index (χ0) is 25.4. The van der Waals surface area contributed by atoms with Gasteiger partial charge in [0.2, 0.25) is 5.69 Å². The van der Waals surface area contributed by atoms with E-state index in [0.29, 0.717) is 11.3 Å². The van der Waals surface area contributed by atoms with Crippen LogP contribution in [-0.4, -0.2) is 79.8 Å². The van der Waals surface area contributed by atoms with E-state index in [-0.39, 0.29) is 37.2 Å². The molecule has 0 radical (unpaired) electrons. The summed E-state index contributed by atoms with van der Waals surface area (Å²) in [4.78, 5) is 12.2. The Labute approximate surface area is 192 Å². The molecule has 0 amide bonds. The molecule has 186 valence electrons. The van der Waals surface area contributed by atoms with Gasteiger partial charge in [-0.2, -0.15) is 29.8 Å². The van der Waals surface area contributed by atoms with Crippen molar-refractivity contribution in [1.82, 2.24) is 0 Å². The van der Waals surface area contributed by atoms with E-state index in [1.165, 1.54) is 0 Å². The van der Waals surface area contributed by atoms with Gasteiger partial charge in [0.25, 0.3) is 30.4 Å². The summed E-state index contributed by atoms with van der Waals surface area (Å²) in [6, 6.07) is 2.11.